The van der Waals surface area contributed by atoms with Crippen LogP contribution in [0, 0.1) is 0 Å². The predicted octanol–water partition coefficient (Wildman–Crippen LogP) is 3.71. The molecular formula is C14H18FeOS. The van der Waals surface area contributed by atoms with Crippen LogP contribution >= 0.6 is 0 Å². The molecule has 0 spiro atoms. The molecule has 0 heterocycles. The first-order valence-corrected chi connectivity index (χ1v) is 6.47. The van der Waals surface area contributed by atoms with Gasteiger partial charge in [-0.3, -0.25) is 4.21 Å². The van der Waals surface area contributed by atoms with E-state index in [0.29, 0.717) is 0 Å². The average molecular weight is 290 g/mol. The molecule has 0 bridgehead atoms. The molecule has 2 rings (SSSR count). The van der Waals surface area contributed by atoms with Gasteiger partial charge in [-0.1, -0.05) is 4.90 Å². The summed E-state index contributed by atoms with van der Waals surface area (Å²) in [7, 11) is -0.870. The van der Waals surface area contributed by atoms with Crippen LogP contribution in [0.3, 0.4) is 0 Å². The van der Waals surface area contributed by atoms with E-state index < -0.39 is 10.8 Å². The van der Waals surface area contributed by atoms with Crippen molar-refractivity contribution in [1.29, 1.82) is 0 Å². The van der Waals surface area contributed by atoms with Crippen LogP contribution in [0.1, 0.15) is 20.8 Å². The molecule has 17 heavy (non-hydrogen) atoms. The van der Waals surface area contributed by atoms with Gasteiger partial charge in [0, 0.05) is 15.5 Å². The predicted molar refractivity (Wildman–Crippen MR) is 70.2 cm³/mol. The molecule has 0 fully saturated rings. The monoisotopic (exact) mass is 290 g/mol. The quantitative estimate of drug-likeness (QED) is 0.578. The van der Waals surface area contributed by atoms with Gasteiger partial charge in [-0.05, 0) is 20.8 Å². The molecule has 2 aromatic rings. The van der Waals surface area contributed by atoms with Crippen LogP contribution in [0.2, 0.25) is 0 Å². The first-order valence-electron chi connectivity index (χ1n) is 5.32. The molecule has 0 saturated heterocycles. The van der Waals surface area contributed by atoms with Gasteiger partial charge in [-0.2, -0.15) is 30.3 Å². The summed E-state index contributed by atoms with van der Waals surface area (Å²) in [5, 5.41) is 0. The Morgan fingerprint density at radius 3 is 1.76 bits per heavy atom. The molecule has 0 aliphatic heterocycles. The third-order valence-corrected chi connectivity index (χ3v) is 3.77. The Bertz CT molecular complexity index is 379. The second-order valence-electron chi connectivity index (χ2n) is 4.46. The molecule has 1 unspecified atom stereocenters. The first kappa shape index (κ1) is 16.4. The van der Waals surface area contributed by atoms with Gasteiger partial charge in [0.25, 0.3) is 0 Å². The van der Waals surface area contributed by atoms with E-state index in [1.807, 2.05) is 75.4 Å². The topological polar surface area (TPSA) is 17.1 Å². The first-order chi connectivity index (χ1) is 7.52. The van der Waals surface area contributed by atoms with E-state index in [9.17, 15) is 4.21 Å². The maximum Gasteiger partial charge on any atom is 2.00 e. The van der Waals surface area contributed by atoms with Gasteiger partial charge >= 0.3 is 17.1 Å². The smallest absolute Gasteiger partial charge is 0.267 e. The van der Waals surface area contributed by atoms with E-state index >= 15 is 0 Å². The van der Waals surface area contributed by atoms with Crippen LogP contribution in [-0.4, -0.2) is 8.96 Å². The molecule has 0 saturated carbocycles. The summed E-state index contributed by atoms with van der Waals surface area (Å²) >= 11 is 0. The average Bonchev–Trinajstić information content (AvgIpc) is 2.91. The molecule has 0 aliphatic rings. The van der Waals surface area contributed by atoms with Crippen LogP contribution in [0.5, 0.6) is 0 Å². The minimum atomic E-state index is -0.870. The van der Waals surface area contributed by atoms with E-state index in [1.165, 1.54) is 0 Å². The molecule has 3 heteroatoms. The van der Waals surface area contributed by atoms with E-state index in [-0.39, 0.29) is 21.8 Å². The Labute approximate surface area is 117 Å². The van der Waals surface area contributed by atoms with Gasteiger partial charge in [-0.25, -0.2) is 24.3 Å². The van der Waals surface area contributed by atoms with Gasteiger partial charge in [-0.15, -0.1) is 0 Å². The summed E-state index contributed by atoms with van der Waals surface area (Å²) < 4.78 is 11.5. The summed E-state index contributed by atoms with van der Waals surface area (Å²) in [4.78, 5) is 0.928. The zero-order valence-electron chi connectivity index (χ0n) is 10.4. The second-order valence-corrected chi connectivity index (χ2v) is 6.70. The third kappa shape index (κ3) is 6.02. The van der Waals surface area contributed by atoms with Crippen LogP contribution < -0.4 is 0 Å². The summed E-state index contributed by atoms with van der Waals surface area (Å²) in [5.41, 5.74) is 0. The van der Waals surface area contributed by atoms with E-state index in [0.717, 1.165) is 4.90 Å². The standard InChI is InChI=1S/C9H13OS.C5H5.Fe/c1-9(2,3)11(10)8-6-4-5-7-8;1-2-4-5-3-1;/h4-7H,1-3H3;1-5H;/q2*-1;+2. The summed E-state index contributed by atoms with van der Waals surface area (Å²) in [6.45, 7) is 5.95. The molecule has 1 nitrogen and oxygen atoms in total. The Morgan fingerprint density at radius 1 is 1.00 bits per heavy atom. The second kappa shape index (κ2) is 7.65. The van der Waals surface area contributed by atoms with Crippen molar-refractivity contribution in [1.82, 2.24) is 0 Å². The van der Waals surface area contributed by atoms with Crippen molar-refractivity contribution in [3.8, 4) is 0 Å². The fraction of sp³-hybridized carbons (Fsp3) is 0.286. The molecule has 0 amide bonds. The summed E-state index contributed by atoms with van der Waals surface area (Å²) in [6, 6.07) is 17.6. The fourth-order valence-electron chi connectivity index (χ4n) is 1.15. The minimum Gasteiger partial charge on any atom is -0.267 e. The molecule has 0 aromatic heterocycles. The summed E-state index contributed by atoms with van der Waals surface area (Å²) in [5.74, 6) is 0. The third-order valence-electron chi connectivity index (χ3n) is 1.96. The van der Waals surface area contributed by atoms with Crippen molar-refractivity contribution >= 4 is 10.8 Å². The van der Waals surface area contributed by atoms with Crippen LogP contribution in [0.25, 0.3) is 0 Å². The Kier molecular flexibility index (Phi) is 7.36. The van der Waals surface area contributed by atoms with E-state index in [2.05, 4.69) is 0 Å². The minimum absolute atomic E-state index is 0. The molecular weight excluding hydrogens is 272 g/mol. The van der Waals surface area contributed by atoms with Crippen molar-refractivity contribution < 1.29 is 21.3 Å². The van der Waals surface area contributed by atoms with E-state index in [1.54, 1.807) is 0 Å². The van der Waals surface area contributed by atoms with Crippen LogP contribution in [0.15, 0.2) is 59.5 Å². The molecule has 2 aromatic carbocycles. The van der Waals surface area contributed by atoms with Gasteiger partial charge in [0.2, 0.25) is 0 Å². The Hall–Kier alpha value is -0.631. The van der Waals surface area contributed by atoms with Crippen molar-refractivity contribution in [2.24, 2.45) is 0 Å². The maximum absolute atomic E-state index is 11.6. The summed E-state index contributed by atoms with van der Waals surface area (Å²) in [6.07, 6.45) is 0. The molecule has 0 aliphatic carbocycles. The number of hydrogen-bond donors (Lipinski definition) is 0. The number of rotatable bonds is 1. The van der Waals surface area contributed by atoms with Crippen LogP contribution in [0.4, 0.5) is 0 Å². The van der Waals surface area contributed by atoms with Crippen molar-refractivity contribution in [2.75, 3.05) is 0 Å². The zero-order valence-corrected chi connectivity index (χ0v) is 12.3. The number of hydrogen-bond acceptors (Lipinski definition) is 1. The Morgan fingerprint density at radius 2 is 1.47 bits per heavy atom. The van der Waals surface area contributed by atoms with E-state index in [4.69, 9.17) is 0 Å². The fourth-order valence-corrected chi connectivity index (χ4v) is 2.27. The van der Waals surface area contributed by atoms with Gasteiger partial charge in [0.05, 0.1) is 0 Å². The van der Waals surface area contributed by atoms with Crippen molar-refractivity contribution in [2.45, 2.75) is 30.4 Å². The molecule has 0 N–H and O–H groups in total. The molecule has 94 valence electrons. The maximum atomic E-state index is 11.6. The largest absolute Gasteiger partial charge is 2.00 e. The normalized spacial score (nSPS) is 11.9. The van der Waals surface area contributed by atoms with Gasteiger partial charge in [0.1, 0.15) is 0 Å². The SMILES string of the molecule is CC(C)(C)S(=O)[c-]1cccc1.[Fe+2].c1cc[cH-]c1. The van der Waals surface area contributed by atoms with Gasteiger partial charge in [0.15, 0.2) is 0 Å². The Balaban J connectivity index is 0.000000360. The van der Waals surface area contributed by atoms with Crippen molar-refractivity contribution in [3.05, 3.63) is 54.6 Å². The molecule has 0 radical (unpaired) electrons. The van der Waals surface area contributed by atoms with Crippen molar-refractivity contribution in [3.63, 3.8) is 0 Å². The molecule has 1 atom stereocenters. The zero-order chi connectivity index (χ0) is 12.0. The van der Waals surface area contributed by atoms with Gasteiger partial charge < -0.3 is 0 Å². The van der Waals surface area contributed by atoms with Crippen LogP contribution in [-0.2, 0) is 27.9 Å².